The lowest BCUT2D eigenvalue weighted by atomic mass is 9.89. The highest BCUT2D eigenvalue weighted by Crippen LogP contribution is 2.32. The number of amides is 2. The molecule has 1 aromatic carbocycles. The standard InChI is InChI=1S/C34H42N8O2.C5H12/c1-21-26(25-14-15-28(39-19-25)34(44)42(3)20-22-7-6-16-38-18-22)10-5-11-27(21)40-29(17-30(35)41-33(43)24-12-13-24)31(36)32(37-2)23-8-4-9-23;1-3-5-4-2/h5-7,10-11,14-18,24,37,39-40H,4,8-9,12-13,19-20,35-36H2,1-3H3,(H,41,43);3-5H2,1-2H3/b30-17+,31-29+;. The molecule has 49 heavy (non-hydrogen) atoms. The summed E-state index contributed by atoms with van der Waals surface area (Å²) in [4.78, 5) is 31.2. The fourth-order valence-electron chi connectivity index (χ4n) is 5.69. The molecule has 2 heterocycles. The Morgan fingerprint density at radius 3 is 2.39 bits per heavy atom. The van der Waals surface area contributed by atoms with Crippen molar-refractivity contribution in [2.75, 3.05) is 26.0 Å². The van der Waals surface area contributed by atoms with Gasteiger partial charge >= 0.3 is 0 Å². The van der Waals surface area contributed by atoms with Gasteiger partial charge in [-0.25, -0.2) is 0 Å². The normalized spacial score (nSPS) is 15.9. The number of aromatic nitrogens is 1. The van der Waals surface area contributed by atoms with Crippen LogP contribution < -0.4 is 32.7 Å². The Morgan fingerprint density at radius 1 is 1.08 bits per heavy atom. The van der Waals surface area contributed by atoms with Crippen LogP contribution in [0.1, 0.15) is 81.9 Å². The number of carbonyl (C=O) groups is 2. The molecule has 262 valence electrons. The fourth-order valence-corrected chi connectivity index (χ4v) is 5.69. The van der Waals surface area contributed by atoms with Crippen molar-refractivity contribution in [1.29, 1.82) is 0 Å². The molecule has 5 rings (SSSR count). The molecule has 0 unspecified atom stereocenters. The van der Waals surface area contributed by atoms with Crippen LogP contribution >= 0.6 is 0 Å². The first kappa shape index (κ1) is 36.8. The summed E-state index contributed by atoms with van der Waals surface area (Å²) in [6.07, 6.45) is 18.0. The topological polar surface area (TPSA) is 150 Å². The van der Waals surface area contributed by atoms with Crippen LogP contribution in [0.2, 0.25) is 0 Å². The highest BCUT2D eigenvalue weighted by atomic mass is 16.2. The van der Waals surface area contributed by atoms with E-state index in [2.05, 4.69) is 46.2 Å². The Bertz CT molecular complexity index is 1630. The maximum atomic E-state index is 13.1. The molecule has 0 saturated heterocycles. The van der Waals surface area contributed by atoms with Crippen molar-refractivity contribution in [2.24, 2.45) is 17.4 Å². The second-order valence-corrected chi connectivity index (χ2v) is 12.9. The quantitative estimate of drug-likeness (QED) is 0.150. The number of hydrogen-bond donors (Lipinski definition) is 6. The minimum Gasteiger partial charge on any atom is -0.395 e. The molecule has 2 saturated carbocycles. The molecule has 2 amide bonds. The number of pyridine rings is 1. The molecule has 8 N–H and O–H groups in total. The van der Waals surface area contributed by atoms with Crippen molar-refractivity contribution in [3.05, 3.63) is 112 Å². The van der Waals surface area contributed by atoms with Gasteiger partial charge in [-0.3, -0.25) is 14.6 Å². The number of dihydropyridines is 1. The Kier molecular flexibility index (Phi) is 13.5. The van der Waals surface area contributed by atoms with E-state index in [9.17, 15) is 9.59 Å². The lowest BCUT2D eigenvalue weighted by molar-refractivity contribution is -0.126. The van der Waals surface area contributed by atoms with Crippen molar-refractivity contribution in [2.45, 2.75) is 78.7 Å². The van der Waals surface area contributed by atoms with Crippen LogP contribution in [0.4, 0.5) is 5.69 Å². The number of likely N-dealkylation sites (N-methyl/N-ethyl adjacent to an activating group) is 2. The summed E-state index contributed by atoms with van der Waals surface area (Å²) < 4.78 is 0. The number of nitrogens with one attached hydrogen (secondary N) is 4. The van der Waals surface area contributed by atoms with E-state index in [0.717, 1.165) is 65.8 Å². The van der Waals surface area contributed by atoms with Crippen molar-refractivity contribution < 1.29 is 9.59 Å². The zero-order valence-electron chi connectivity index (χ0n) is 29.8. The molecule has 0 spiro atoms. The smallest absolute Gasteiger partial charge is 0.269 e. The van der Waals surface area contributed by atoms with Crippen LogP contribution in [0.15, 0.2) is 95.1 Å². The zero-order chi connectivity index (χ0) is 35.3. The molecule has 1 aromatic heterocycles. The van der Waals surface area contributed by atoms with Gasteiger partial charge in [0.15, 0.2) is 0 Å². The number of carbonyl (C=O) groups excluding carboxylic acids is 2. The second-order valence-electron chi connectivity index (χ2n) is 12.9. The van der Waals surface area contributed by atoms with E-state index < -0.39 is 0 Å². The highest BCUT2D eigenvalue weighted by molar-refractivity contribution is 5.94. The largest absolute Gasteiger partial charge is 0.395 e. The van der Waals surface area contributed by atoms with Gasteiger partial charge in [-0.1, -0.05) is 57.4 Å². The summed E-state index contributed by atoms with van der Waals surface area (Å²) in [5.41, 5.74) is 21.8. The van der Waals surface area contributed by atoms with Crippen LogP contribution in [0.3, 0.4) is 0 Å². The second kappa shape index (κ2) is 18.0. The molecule has 0 atom stereocenters. The van der Waals surface area contributed by atoms with Crippen molar-refractivity contribution in [3.63, 3.8) is 0 Å². The monoisotopic (exact) mass is 666 g/mol. The Morgan fingerprint density at radius 2 is 1.84 bits per heavy atom. The summed E-state index contributed by atoms with van der Waals surface area (Å²) in [5, 5.41) is 12.9. The van der Waals surface area contributed by atoms with Gasteiger partial charge < -0.3 is 37.6 Å². The maximum Gasteiger partial charge on any atom is 0.269 e. The first-order chi connectivity index (χ1) is 23.7. The van der Waals surface area contributed by atoms with Crippen LogP contribution in [-0.2, 0) is 16.1 Å². The molecule has 0 bridgehead atoms. The number of unbranched alkanes of at least 4 members (excludes halogenated alkanes) is 2. The third-order valence-electron chi connectivity index (χ3n) is 8.93. The average Bonchev–Trinajstić information content (AvgIpc) is 3.94. The lowest BCUT2D eigenvalue weighted by Crippen LogP contribution is -2.35. The molecule has 2 aliphatic carbocycles. The summed E-state index contributed by atoms with van der Waals surface area (Å²) in [7, 11) is 3.65. The fraction of sp³-hybridized carbons (Fsp3) is 0.410. The van der Waals surface area contributed by atoms with Crippen LogP contribution in [0, 0.1) is 12.8 Å². The zero-order valence-corrected chi connectivity index (χ0v) is 29.8. The van der Waals surface area contributed by atoms with Crippen LogP contribution in [0.5, 0.6) is 0 Å². The van der Waals surface area contributed by atoms with Crippen molar-refractivity contribution in [3.8, 4) is 0 Å². The maximum absolute atomic E-state index is 13.1. The Hall–Kier alpha value is -4.99. The molecule has 10 heteroatoms. The predicted molar refractivity (Wildman–Crippen MR) is 199 cm³/mol. The summed E-state index contributed by atoms with van der Waals surface area (Å²) in [6, 6.07) is 9.85. The molecule has 2 aromatic rings. The molecule has 0 radical (unpaired) electrons. The van der Waals surface area contributed by atoms with Gasteiger partial charge in [-0.15, -0.1) is 0 Å². The lowest BCUT2D eigenvalue weighted by Gasteiger charge is -2.25. The number of anilines is 1. The van der Waals surface area contributed by atoms with E-state index in [1.165, 1.54) is 24.8 Å². The van der Waals surface area contributed by atoms with Crippen LogP contribution in [0.25, 0.3) is 5.57 Å². The highest BCUT2D eigenvalue weighted by Gasteiger charge is 2.30. The summed E-state index contributed by atoms with van der Waals surface area (Å²) in [5.74, 6) is 0.130. The predicted octanol–water partition coefficient (Wildman–Crippen LogP) is 5.68. The van der Waals surface area contributed by atoms with E-state index in [1.807, 2.05) is 50.4 Å². The number of rotatable bonds is 13. The van der Waals surface area contributed by atoms with E-state index in [1.54, 1.807) is 30.4 Å². The minimum atomic E-state index is -0.0828. The molecular weight excluding hydrogens is 612 g/mol. The van der Waals surface area contributed by atoms with E-state index in [0.29, 0.717) is 30.2 Å². The average molecular weight is 667 g/mol. The van der Waals surface area contributed by atoms with Crippen molar-refractivity contribution >= 4 is 23.1 Å². The molecule has 1 aliphatic heterocycles. The van der Waals surface area contributed by atoms with Crippen LogP contribution in [-0.4, -0.2) is 42.3 Å². The minimum absolute atomic E-state index is 0.0346. The van der Waals surface area contributed by atoms with Gasteiger partial charge in [0.05, 0.1) is 17.1 Å². The number of hydrogen-bond acceptors (Lipinski definition) is 8. The molecular formula is C39H54N8O2. The van der Waals surface area contributed by atoms with Gasteiger partial charge in [0, 0.05) is 57.3 Å². The molecule has 3 aliphatic rings. The van der Waals surface area contributed by atoms with E-state index >= 15 is 0 Å². The first-order valence-electron chi connectivity index (χ1n) is 17.5. The van der Waals surface area contributed by atoms with Gasteiger partial charge in [0.2, 0.25) is 5.91 Å². The van der Waals surface area contributed by atoms with Gasteiger partial charge in [-0.05, 0) is 85.1 Å². The van der Waals surface area contributed by atoms with Gasteiger partial charge in [-0.2, -0.15) is 0 Å². The molecule has 2 fully saturated rings. The number of nitrogens with zero attached hydrogens (tertiary/aromatic N) is 2. The van der Waals surface area contributed by atoms with Crippen molar-refractivity contribution in [1.82, 2.24) is 25.8 Å². The number of benzene rings is 1. The molecule has 10 nitrogen and oxygen atoms in total. The van der Waals surface area contributed by atoms with Gasteiger partial charge in [0.25, 0.3) is 5.91 Å². The van der Waals surface area contributed by atoms with E-state index in [4.69, 9.17) is 11.5 Å². The first-order valence-corrected chi connectivity index (χ1v) is 17.5. The number of allylic oxidation sites excluding steroid dienone is 4. The summed E-state index contributed by atoms with van der Waals surface area (Å²) >= 11 is 0. The third-order valence-corrected chi connectivity index (χ3v) is 8.93. The van der Waals surface area contributed by atoms with E-state index in [-0.39, 0.29) is 23.6 Å². The Balaban J connectivity index is 0.00000101. The third kappa shape index (κ3) is 10.2. The van der Waals surface area contributed by atoms with Gasteiger partial charge in [0.1, 0.15) is 11.5 Å². The SMILES string of the molecule is CCCCC.CNC(=C1CCC1)/C(N)=C(/C=C(\N)NC(=O)C1CC1)Nc1cccc(C2=CC=C(C(=O)N(C)Cc3cccnc3)NC2)c1C. The summed E-state index contributed by atoms with van der Waals surface area (Å²) in [6.45, 7) is 7.45. The Labute approximate surface area is 291 Å². The number of nitrogens with two attached hydrogens (primary N) is 2.